The van der Waals surface area contributed by atoms with Crippen molar-refractivity contribution in [2.75, 3.05) is 0 Å². The molecule has 10 aromatic heterocycles. The van der Waals surface area contributed by atoms with Crippen molar-refractivity contribution in [2.24, 2.45) is 0 Å². The van der Waals surface area contributed by atoms with Gasteiger partial charge >= 0.3 is 0 Å². The lowest BCUT2D eigenvalue weighted by atomic mass is 10.0. The van der Waals surface area contributed by atoms with Crippen LogP contribution in [0.15, 0.2) is 227 Å². The third kappa shape index (κ3) is 39.0. The molecule has 0 spiro atoms. The highest BCUT2D eigenvalue weighted by molar-refractivity contribution is 7.80. The molecule has 0 saturated carbocycles. The summed E-state index contributed by atoms with van der Waals surface area (Å²) in [5, 5.41) is 19.6. The molecular weight excluding hydrogens is 2000 g/mol. The van der Waals surface area contributed by atoms with E-state index in [1.807, 2.05) is 192 Å². The second-order valence-corrected chi connectivity index (χ2v) is 35.2. The highest BCUT2D eigenvalue weighted by atomic mass is 32.1. The summed E-state index contributed by atoms with van der Waals surface area (Å²) >= 11 is 16.5. The van der Waals surface area contributed by atoms with Crippen LogP contribution in [-0.2, 0) is 0 Å². The molecule has 0 unspecified atom stereocenters. The van der Waals surface area contributed by atoms with E-state index in [0.717, 1.165) is 113 Å². The molecule has 0 amide bonds. The highest BCUT2D eigenvalue weighted by Gasteiger charge is 2.28. The van der Waals surface area contributed by atoms with Gasteiger partial charge in [0.25, 0.3) is 0 Å². The molecule has 10 aromatic rings. The largest absolute Gasteiger partial charge is 0.504 e. The maximum absolute atomic E-state index is 11.7. The third-order valence-corrected chi connectivity index (χ3v) is 24.8. The summed E-state index contributed by atoms with van der Waals surface area (Å²) < 4.78 is 37.2. The number of Topliss-reactive ketones (excluding diaryl/α,β-unsaturated/α-hetero) is 5. The number of thiophene rings is 3. The van der Waals surface area contributed by atoms with E-state index in [-0.39, 0.29) is 83.0 Å². The van der Waals surface area contributed by atoms with Crippen LogP contribution in [0.1, 0.15) is 373 Å². The number of aromatic hydroxyl groups is 2. The van der Waals surface area contributed by atoms with Gasteiger partial charge in [-0.3, -0.25) is 62.3 Å². The Morgan fingerprint density at radius 1 is 0.336 bits per heavy atom. The Balaban J connectivity index is 0. The van der Waals surface area contributed by atoms with Crippen molar-refractivity contribution in [1.82, 2.24) is 0 Å². The van der Waals surface area contributed by atoms with Crippen LogP contribution in [0.25, 0.3) is 79.0 Å². The molecule has 0 aromatic carbocycles. The number of aryl methyl sites for hydroxylation is 7. The lowest BCUT2D eigenvalue weighted by molar-refractivity contribution is 0.0969. The predicted octanol–water partition coefficient (Wildman–Crippen LogP) is 34.7. The molecule has 22 nitrogen and oxygen atoms in total. The first-order valence-electron chi connectivity index (χ1n) is 45.5. The van der Waals surface area contributed by atoms with Gasteiger partial charge in [0, 0.05) is 76.7 Å². The summed E-state index contributed by atoms with van der Waals surface area (Å²) in [4.78, 5) is 151. The molecule has 28 heteroatoms. The lowest BCUT2D eigenvalue weighted by Gasteiger charge is -1.98. The molecule has 0 aliphatic heterocycles. The van der Waals surface area contributed by atoms with Crippen molar-refractivity contribution in [3.63, 3.8) is 0 Å². The zero-order valence-corrected chi connectivity index (χ0v) is 92.2. The van der Waals surface area contributed by atoms with Crippen LogP contribution in [0, 0.1) is 62.3 Å². The molecule has 790 valence electrons. The van der Waals surface area contributed by atoms with Gasteiger partial charge in [0.1, 0.15) is 63.2 Å². The van der Waals surface area contributed by atoms with E-state index < -0.39 is 17.3 Å². The molecule has 0 atom stereocenters. The van der Waals surface area contributed by atoms with Gasteiger partial charge in [0.05, 0.1) is 48.0 Å². The van der Waals surface area contributed by atoms with Gasteiger partial charge in [-0.2, -0.15) is 0 Å². The molecule has 0 aliphatic rings. The molecule has 0 aliphatic carbocycles. The fourth-order valence-corrected chi connectivity index (χ4v) is 17.4. The number of allylic oxidation sites excluding steroid dienone is 19. The molecule has 0 bridgehead atoms. The first-order valence-corrected chi connectivity index (χ1v) is 49.3. The van der Waals surface area contributed by atoms with E-state index in [2.05, 4.69) is 111 Å². The van der Waals surface area contributed by atoms with Crippen molar-refractivity contribution >= 4 is 228 Å². The number of aldehydes is 4. The minimum Gasteiger partial charge on any atom is -0.504 e. The Kier molecular flexibility index (Phi) is 64.5. The molecule has 0 saturated heterocycles. The Morgan fingerprint density at radius 2 is 0.799 bits per heavy atom. The van der Waals surface area contributed by atoms with Crippen LogP contribution in [-0.4, -0.2) is 87.4 Å². The summed E-state index contributed by atoms with van der Waals surface area (Å²) in [5.41, 5.74) is 11.5. The number of hydrogen-bond donors (Lipinski definition) is 5. The fourth-order valence-electron chi connectivity index (χ4n) is 13.5. The molecule has 149 heavy (non-hydrogen) atoms. The summed E-state index contributed by atoms with van der Waals surface area (Å²) in [6, 6.07) is 0. The summed E-state index contributed by atoms with van der Waals surface area (Å²) in [7, 11) is 0. The van der Waals surface area contributed by atoms with Crippen molar-refractivity contribution in [3.05, 3.63) is 375 Å². The van der Waals surface area contributed by atoms with E-state index >= 15 is 0 Å². The van der Waals surface area contributed by atoms with Crippen LogP contribution >= 0.6 is 71.9 Å². The average molecular weight is 2140 g/mol. The monoisotopic (exact) mass is 2130 g/mol. The first-order chi connectivity index (χ1) is 69.8. The number of unbranched alkanes of at least 4 members (excludes halogenated alkanes) is 1. The van der Waals surface area contributed by atoms with Crippen LogP contribution in [0.3, 0.4) is 0 Å². The average Bonchev–Trinajstić information content (AvgIpc) is 1.64. The van der Waals surface area contributed by atoms with E-state index in [9.17, 15) is 72.5 Å². The molecule has 10 heterocycles. The summed E-state index contributed by atoms with van der Waals surface area (Å²) in [5.74, 6) is 4.35. The standard InChI is InChI=1S/C14H16O2S.C13H14O2S.C13H16O2.C12H10O4.C12H12O2S.C12H12O2.C12H14O2.C11H16O2S.C10H8O3S.C10H12OS.2CH4/c1-5-6-7-8-12-13(9(2)15)11(4)17-14(12)10(3)16;1-3-4-5-6-7-8-11-12(9-14)15-10(2)13(11)16;1-5-7-11-12(8-6-2)15-10(4)13(11)9(3)14;1-4-7(13)10-9(6-3)16-12(11(10)15)8(14)5-2;1-4-7-9(13)11-8(5-2)10(6-3)14-12(11)15;1-5-9-11(7-3)14-8(4)12(9)10(13)6-2;1-4-6-10-11(8-13)9(3)14-12(10)7-5-2;1-4-5-6-9(12)10-7(2)8(3)13-11(10)14;1-2-3-4-7-8(5-11)10(13)14-9(7)6-12;1-5-9-6(2)10(7(3)11)8(4)12-9;;/h5-8H,1-4H3;3-9,16H,1-2H3;5-8H,1-4H3;4-6,15H,1-3H2;4-7,15H,2-3H2,1H3;5-7H,1-3H2,4H3;4-8H,1-3H3;14H,4-6H2,1-3H3;2-6,13H,1H2;5H,1H2,2-4H3;2*1H4/b6-5+,8-7+;4-3+,6-5+,8-7+;7-5+,8-6+;;7-4+;;6-4+,7-5+;;4-3+;;;. The zero-order chi connectivity index (χ0) is 112. The van der Waals surface area contributed by atoms with Crippen LogP contribution in [0.2, 0.25) is 0 Å². The fraction of sp³-hybridized carbons (Fsp3) is 0.215. The van der Waals surface area contributed by atoms with Crippen molar-refractivity contribution in [1.29, 1.82) is 0 Å². The molecule has 10 rings (SSSR count). The SMILES string of the molecule is C.C.C/C=C/C=C/C=C/c1c(C=O)oc(C)c1S.C/C=C/C=C/c1c(C(C)=O)sc(C)c1C(C)=O.C/C=C/c1oc(C)c(C(C)=O)c1/C=C/C.C/C=C/c1oc(C)c(C=O)c1/C=C/C.C=C/C=C/c1c(C=O)sc(O)c1C=O.C=CC(=O)c1c(C)oc(C=C)c1C=C.C=CC(=O)c1oc(C=C)c(C(=O)C=C)c1O.C=Cc1oc(S)c(C(=O)/C=C/C)c1C=C.C=Cc1sc(C)c(C(C)=O)c1C.CCCCC(=O)c1c(S)oc(C)c1C. The summed E-state index contributed by atoms with van der Waals surface area (Å²) in [6.07, 6.45) is 59.4. The summed E-state index contributed by atoms with van der Waals surface area (Å²) in [6.45, 7) is 73.4. The Hall–Kier alpha value is -15.0. The van der Waals surface area contributed by atoms with Crippen molar-refractivity contribution < 1.29 is 103 Å². The smallest absolute Gasteiger partial charge is 0.224 e. The predicted molar refractivity (Wildman–Crippen MR) is 629 cm³/mol. The second kappa shape index (κ2) is 70.7. The minimum absolute atomic E-state index is 0. The number of furan rings is 7. The first kappa shape index (κ1) is 136. The van der Waals surface area contributed by atoms with Gasteiger partial charge in [-0.15, -0.1) is 60.6 Å². The van der Waals surface area contributed by atoms with Gasteiger partial charge in [-0.1, -0.05) is 239 Å². The van der Waals surface area contributed by atoms with Gasteiger partial charge < -0.3 is 41.1 Å². The van der Waals surface area contributed by atoms with E-state index in [4.69, 9.17) is 30.9 Å². The third-order valence-electron chi connectivity index (χ3n) is 20.2. The Labute approximate surface area is 905 Å². The second-order valence-electron chi connectivity index (χ2n) is 30.5. The molecule has 0 fully saturated rings. The van der Waals surface area contributed by atoms with Crippen LogP contribution in [0.5, 0.6) is 10.8 Å². The van der Waals surface area contributed by atoms with E-state index in [0.29, 0.717) is 141 Å². The number of ketones is 9. The number of carbonyl (C=O) groups is 13. The lowest BCUT2D eigenvalue weighted by Crippen LogP contribution is -2.00. The normalized spacial score (nSPS) is 10.6. The van der Waals surface area contributed by atoms with E-state index in [1.54, 1.807) is 95.4 Å². The number of hydrogen-bond acceptors (Lipinski definition) is 28. The topological polar surface area (TPSA) is 354 Å². The van der Waals surface area contributed by atoms with Crippen LogP contribution < -0.4 is 0 Å². The number of carbonyl (C=O) groups excluding carboxylic acids is 13. The minimum atomic E-state index is -0.608. The van der Waals surface area contributed by atoms with Crippen LogP contribution in [0.4, 0.5) is 0 Å². The number of rotatable bonds is 37. The highest BCUT2D eigenvalue weighted by Crippen LogP contribution is 2.38. The van der Waals surface area contributed by atoms with E-state index in [1.165, 1.54) is 55.6 Å². The van der Waals surface area contributed by atoms with Gasteiger partial charge in [-0.25, -0.2) is 0 Å². The maximum atomic E-state index is 11.7. The zero-order valence-electron chi connectivity index (χ0n) is 87.1. The van der Waals surface area contributed by atoms with Crippen molar-refractivity contribution in [3.8, 4) is 10.8 Å². The Bertz CT molecular complexity index is 6860. The quantitative estimate of drug-likeness (QED) is 0.00794. The maximum Gasteiger partial charge on any atom is 0.224 e. The molecule has 2 N–H and O–H groups in total. The molecular formula is C121H138O22S6. The number of thiol groups is 3. The van der Waals surface area contributed by atoms with Gasteiger partial charge in [0.2, 0.25) is 11.5 Å². The Morgan fingerprint density at radius 3 is 1.25 bits per heavy atom. The van der Waals surface area contributed by atoms with Crippen molar-refractivity contribution in [2.45, 2.75) is 195 Å². The van der Waals surface area contributed by atoms with Gasteiger partial charge in [-0.05, 0) is 211 Å². The van der Waals surface area contributed by atoms with Gasteiger partial charge in [0.15, 0.2) is 98.2 Å². The molecule has 0 radical (unpaired) electrons.